The molecule has 0 aliphatic carbocycles. The van der Waals surface area contributed by atoms with E-state index in [2.05, 4.69) is 45.6 Å². The molecule has 0 rings (SSSR count). The van der Waals surface area contributed by atoms with Crippen molar-refractivity contribution in [2.75, 3.05) is 0 Å². The van der Waals surface area contributed by atoms with E-state index in [0.29, 0.717) is 0 Å². The minimum atomic E-state index is 1.11. The van der Waals surface area contributed by atoms with E-state index in [4.69, 9.17) is 0 Å². The van der Waals surface area contributed by atoms with Crippen molar-refractivity contribution in [2.24, 2.45) is 0 Å². The van der Waals surface area contributed by atoms with E-state index in [1.165, 1.54) is 24.0 Å². The second-order valence-corrected chi connectivity index (χ2v) is 3.21. The summed E-state index contributed by atoms with van der Waals surface area (Å²) >= 11 is 0. The summed E-state index contributed by atoms with van der Waals surface area (Å²) in [5, 5.41) is 0. The Morgan fingerprint density at radius 1 is 1.25 bits per heavy atom. The lowest BCUT2D eigenvalue weighted by atomic mass is 10.1. The minimum Gasteiger partial charge on any atom is -0.122 e. The van der Waals surface area contributed by atoms with Crippen molar-refractivity contribution in [1.82, 2.24) is 0 Å². The predicted molar refractivity (Wildman–Crippen MR) is 56.2 cm³/mol. The smallest absolute Gasteiger partial charge is 0.0172 e. The number of unbranched alkanes of at least 4 members (excludes halogenated alkanes) is 1. The largest absolute Gasteiger partial charge is 0.122 e. The Morgan fingerprint density at radius 3 is 2.33 bits per heavy atom. The molecule has 0 heterocycles. The number of hydrogen-bond acceptors (Lipinski definition) is 0. The van der Waals surface area contributed by atoms with Crippen LogP contribution in [0.3, 0.4) is 0 Å². The standard InChI is InChI=1S/C12H20/c1-5-7-8-12(6-2)10-9-11(3)4/h8,10H,5-7H2,1-4H3. The van der Waals surface area contributed by atoms with Gasteiger partial charge in [-0.05, 0) is 43.9 Å². The van der Waals surface area contributed by atoms with E-state index in [1.807, 2.05) is 0 Å². The van der Waals surface area contributed by atoms with Crippen LogP contribution in [0.4, 0.5) is 0 Å². The molecular weight excluding hydrogens is 144 g/mol. The molecule has 0 aromatic rings. The molecule has 0 aromatic heterocycles. The molecule has 0 aromatic carbocycles. The molecule has 0 nitrogen and oxygen atoms in total. The topological polar surface area (TPSA) is 0 Å². The molecule has 0 aliphatic rings. The minimum absolute atomic E-state index is 1.11. The first-order valence-electron chi connectivity index (χ1n) is 4.79. The van der Waals surface area contributed by atoms with Crippen LogP contribution in [-0.4, -0.2) is 0 Å². The Morgan fingerprint density at radius 2 is 1.92 bits per heavy atom. The highest BCUT2D eigenvalue weighted by Crippen LogP contribution is 2.05. The van der Waals surface area contributed by atoms with Crippen LogP contribution in [0.15, 0.2) is 29.0 Å². The highest BCUT2D eigenvalue weighted by molar-refractivity contribution is 5.18. The maximum Gasteiger partial charge on any atom is -0.0172 e. The average Bonchev–Trinajstić information content (AvgIpc) is 2.05. The SMILES string of the molecule is CCCC=C(C=C=C(C)C)CC. The van der Waals surface area contributed by atoms with Gasteiger partial charge in [0.15, 0.2) is 0 Å². The molecule has 0 saturated carbocycles. The van der Waals surface area contributed by atoms with Crippen molar-refractivity contribution in [3.8, 4) is 0 Å². The summed E-state index contributed by atoms with van der Waals surface area (Å²) in [6, 6.07) is 0. The summed E-state index contributed by atoms with van der Waals surface area (Å²) in [7, 11) is 0. The van der Waals surface area contributed by atoms with Gasteiger partial charge in [0.25, 0.3) is 0 Å². The molecule has 68 valence electrons. The number of hydrogen-bond donors (Lipinski definition) is 0. The number of rotatable bonds is 4. The summed E-state index contributed by atoms with van der Waals surface area (Å²) in [4.78, 5) is 0. The van der Waals surface area contributed by atoms with Crippen LogP contribution in [0.2, 0.25) is 0 Å². The van der Waals surface area contributed by atoms with E-state index in [9.17, 15) is 0 Å². The van der Waals surface area contributed by atoms with Crippen molar-refractivity contribution in [3.05, 3.63) is 29.0 Å². The second-order valence-electron chi connectivity index (χ2n) is 3.21. The van der Waals surface area contributed by atoms with Crippen LogP contribution in [0, 0.1) is 0 Å². The van der Waals surface area contributed by atoms with Gasteiger partial charge < -0.3 is 0 Å². The lowest BCUT2D eigenvalue weighted by Crippen LogP contribution is -1.74. The zero-order valence-electron chi connectivity index (χ0n) is 8.78. The van der Waals surface area contributed by atoms with Gasteiger partial charge in [0.05, 0.1) is 0 Å². The molecule has 0 heteroatoms. The van der Waals surface area contributed by atoms with Crippen molar-refractivity contribution < 1.29 is 0 Å². The molecule has 12 heavy (non-hydrogen) atoms. The summed E-state index contributed by atoms with van der Waals surface area (Å²) in [6.07, 6.45) is 7.93. The van der Waals surface area contributed by atoms with Gasteiger partial charge in [0.1, 0.15) is 0 Å². The third kappa shape index (κ3) is 6.00. The maximum absolute atomic E-state index is 3.23. The van der Waals surface area contributed by atoms with Gasteiger partial charge in [-0.25, -0.2) is 0 Å². The molecule has 0 unspecified atom stereocenters. The van der Waals surface area contributed by atoms with Gasteiger partial charge in [0, 0.05) is 0 Å². The Labute approximate surface area is 76.7 Å². The normalized spacial score (nSPS) is 10.8. The van der Waals surface area contributed by atoms with Gasteiger partial charge in [-0.2, -0.15) is 0 Å². The summed E-state index contributed by atoms with van der Waals surface area (Å²) < 4.78 is 0. The summed E-state index contributed by atoms with van der Waals surface area (Å²) in [5.74, 6) is 0. The van der Waals surface area contributed by atoms with Crippen molar-refractivity contribution >= 4 is 0 Å². The van der Waals surface area contributed by atoms with E-state index in [0.717, 1.165) is 6.42 Å². The first-order chi connectivity index (χ1) is 5.70. The van der Waals surface area contributed by atoms with Crippen LogP contribution < -0.4 is 0 Å². The van der Waals surface area contributed by atoms with Crippen LogP contribution in [0.25, 0.3) is 0 Å². The van der Waals surface area contributed by atoms with E-state index >= 15 is 0 Å². The molecule has 0 spiro atoms. The predicted octanol–water partition coefficient (Wildman–Crippen LogP) is 4.24. The van der Waals surface area contributed by atoms with Crippen molar-refractivity contribution in [2.45, 2.75) is 47.0 Å². The first kappa shape index (κ1) is 11.3. The molecule has 0 fully saturated rings. The Balaban J connectivity index is 4.27. The fourth-order valence-electron chi connectivity index (χ4n) is 0.872. The maximum atomic E-state index is 3.23. The van der Waals surface area contributed by atoms with Crippen LogP contribution in [-0.2, 0) is 0 Å². The first-order valence-corrected chi connectivity index (χ1v) is 4.79. The van der Waals surface area contributed by atoms with Crippen LogP contribution >= 0.6 is 0 Å². The fourth-order valence-corrected chi connectivity index (χ4v) is 0.872. The summed E-state index contributed by atoms with van der Waals surface area (Å²) in [5.41, 5.74) is 5.87. The van der Waals surface area contributed by atoms with Gasteiger partial charge in [-0.1, -0.05) is 26.3 Å². The molecule has 0 radical (unpaired) electrons. The Bertz CT molecular complexity index is 196. The number of allylic oxidation sites excluding steroid dienone is 3. The van der Waals surface area contributed by atoms with Crippen LogP contribution in [0.1, 0.15) is 47.0 Å². The average molecular weight is 164 g/mol. The Kier molecular flexibility index (Phi) is 6.51. The molecule has 0 N–H and O–H groups in total. The zero-order chi connectivity index (χ0) is 9.40. The van der Waals surface area contributed by atoms with E-state index < -0.39 is 0 Å². The highest BCUT2D eigenvalue weighted by atomic mass is 13.9. The third-order valence-electron chi connectivity index (χ3n) is 1.65. The lowest BCUT2D eigenvalue weighted by Gasteiger charge is -1.94. The third-order valence-corrected chi connectivity index (χ3v) is 1.65. The zero-order valence-corrected chi connectivity index (χ0v) is 8.78. The monoisotopic (exact) mass is 164 g/mol. The van der Waals surface area contributed by atoms with Crippen molar-refractivity contribution in [1.29, 1.82) is 0 Å². The molecule has 0 saturated heterocycles. The van der Waals surface area contributed by atoms with E-state index in [-0.39, 0.29) is 0 Å². The van der Waals surface area contributed by atoms with Gasteiger partial charge in [-0.15, -0.1) is 5.73 Å². The van der Waals surface area contributed by atoms with Crippen molar-refractivity contribution in [3.63, 3.8) is 0 Å². The molecule has 0 bridgehead atoms. The van der Waals surface area contributed by atoms with Gasteiger partial charge >= 0.3 is 0 Å². The quantitative estimate of drug-likeness (QED) is 0.430. The second kappa shape index (κ2) is 6.94. The van der Waals surface area contributed by atoms with Gasteiger partial charge in [-0.3, -0.25) is 0 Å². The summed E-state index contributed by atoms with van der Waals surface area (Å²) in [6.45, 7) is 8.53. The molecule has 0 amide bonds. The molecule has 0 aliphatic heterocycles. The fraction of sp³-hybridized carbons (Fsp3) is 0.583. The highest BCUT2D eigenvalue weighted by Gasteiger charge is 1.85. The lowest BCUT2D eigenvalue weighted by molar-refractivity contribution is 0.942. The van der Waals surface area contributed by atoms with Gasteiger partial charge in [0.2, 0.25) is 0 Å². The Hall–Kier alpha value is -0.740. The van der Waals surface area contributed by atoms with E-state index in [1.54, 1.807) is 0 Å². The van der Waals surface area contributed by atoms with Crippen LogP contribution in [0.5, 0.6) is 0 Å². The molecule has 0 atom stereocenters. The molecular formula is C12H20.